The predicted molar refractivity (Wildman–Crippen MR) is 280 cm³/mol. The summed E-state index contributed by atoms with van der Waals surface area (Å²) in [6, 6.07) is 0. The summed E-state index contributed by atoms with van der Waals surface area (Å²) in [7, 11) is 0. The maximum Gasteiger partial charge on any atom is 0.306 e. The summed E-state index contributed by atoms with van der Waals surface area (Å²) in [5.41, 5.74) is 0. The minimum atomic E-state index is -1.78. The van der Waals surface area contributed by atoms with Crippen molar-refractivity contribution in [3.63, 3.8) is 0 Å². The van der Waals surface area contributed by atoms with E-state index in [1.807, 2.05) is 6.08 Å². The van der Waals surface area contributed by atoms with Crippen molar-refractivity contribution in [1.29, 1.82) is 0 Å². The monoisotopic (exact) mass is 1020 g/mol. The molecule has 0 aromatic heterocycles. The van der Waals surface area contributed by atoms with E-state index >= 15 is 0 Å². The number of aliphatic hydroxyl groups is 7. The summed E-state index contributed by atoms with van der Waals surface area (Å²) < 4.78 is 33.6. The number of hydrogen-bond donors (Lipinski definition) is 7. The lowest BCUT2D eigenvalue weighted by molar-refractivity contribution is -0.332. The van der Waals surface area contributed by atoms with E-state index < -0.39 is 99.3 Å². The Morgan fingerprint density at radius 1 is 0.444 bits per heavy atom. The Hall–Kier alpha value is -2.80. The maximum atomic E-state index is 13.0. The summed E-state index contributed by atoms with van der Waals surface area (Å²) in [5, 5.41) is 72.2. The highest BCUT2D eigenvalue weighted by molar-refractivity contribution is 5.70. The molecule has 2 fully saturated rings. The number of aliphatic hydroxyl groups excluding tert-OH is 7. The van der Waals surface area contributed by atoms with E-state index in [1.54, 1.807) is 0 Å². The van der Waals surface area contributed by atoms with Gasteiger partial charge in [-0.25, -0.2) is 0 Å². The van der Waals surface area contributed by atoms with Crippen molar-refractivity contribution in [2.45, 2.75) is 261 Å². The third kappa shape index (κ3) is 30.5. The molecule has 2 heterocycles. The van der Waals surface area contributed by atoms with Crippen molar-refractivity contribution in [2.75, 3.05) is 26.4 Å². The molecular weight excluding hydrogens is 925 g/mol. The standard InChI is InChI=1S/C57H98O15/c1-3-5-7-9-11-13-15-17-19-21-22-24-26-28-30-32-34-36-38-40-49(60)70-45(42-67-48(59)39-37-35-33-31-29-27-25-23-20-18-16-14-12-10-8-6-4-2)43-68-56-55(66)53(64)51(62)47(72-56)44-69-57-54(65)52(63)50(61)46(41-58)71-57/h11,13,17-20,25,27,31,33,45-47,50-58,61-66H,3-10,12,14-16,21-24,26,28-30,32,34-44H2,1-2H3/b13-11+,19-17+,20-18+,27-25+,33-31+/t45-,46+,47+,50-,51-,52?,53?,54?,55?,56+,57+/m1/s1. The van der Waals surface area contributed by atoms with Gasteiger partial charge in [0.05, 0.1) is 19.8 Å². The lowest BCUT2D eigenvalue weighted by atomic mass is 9.98. The molecule has 416 valence electrons. The molecule has 15 heteroatoms. The van der Waals surface area contributed by atoms with Gasteiger partial charge in [-0.2, -0.15) is 0 Å². The lowest BCUT2D eigenvalue weighted by Gasteiger charge is -2.42. The molecule has 7 N–H and O–H groups in total. The molecule has 0 aromatic rings. The van der Waals surface area contributed by atoms with Crippen molar-refractivity contribution >= 4 is 11.9 Å². The van der Waals surface area contributed by atoms with E-state index in [1.165, 1.54) is 89.9 Å². The number of esters is 2. The molecule has 2 rings (SSSR count). The predicted octanol–water partition coefficient (Wildman–Crippen LogP) is 8.83. The van der Waals surface area contributed by atoms with Crippen LogP contribution in [-0.4, -0.2) is 142 Å². The molecular formula is C57H98O15. The van der Waals surface area contributed by atoms with Crippen LogP contribution in [0.4, 0.5) is 0 Å². The third-order valence-electron chi connectivity index (χ3n) is 13.0. The molecule has 72 heavy (non-hydrogen) atoms. The van der Waals surface area contributed by atoms with E-state index in [2.05, 4.69) is 68.5 Å². The first-order valence-corrected chi connectivity index (χ1v) is 27.9. The van der Waals surface area contributed by atoms with Gasteiger partial charge in [0.2, 0.25) is 0 Å². The summed E-state index contributed by atoms with van der Waals surface area (Å²) >= 11 is 0. The van der Waals surface area contributed by atoms with Crippen LogP contribution >= 0.6 is 0 Å². The van der Waals surface area contributed by atoms with Gasteiger partial charge in [-0.15, -0.1) is 0 Å². The number of ether oxygens (including phenoxy) is 6. The Kier molecular flexibility index (Phi) is 39.4. The molecule has 0 spiro atoms. The Morgan fingerprint density at radius 3 is 1.38 bits per heavy atom. The molecule has 0 bridgehead atoms. The first kappa shape index (κ1) is 65.3. The molecule has 11 atom stereocenters. The van der Waals surface area contributed by atoms with Gasteiger partial charge in [0.15, 0.2) is 18.7 Å². The SMILES string of the molecule is CCCCC/C=C/C/C=C/CCCCCCCCCCCC(=O)O[C@H](COC(=O)CCC/C=C/C/C=C/C/C=C/CCCCCCCC)CO[C@H]1O[C@@H](CO[C@H]2O[C@@H](CO)[C@@H](O)C(O)C2O)[C@@H](O)C(O)C1O. The van der Waals surface area contributed by atoms with Gasteiger partial charge in [0, 0.05) is 12.8 Å². The van der Waals surface area contributed by atoms with Crippen molar-refractivity contribution in [2.24, 2.45) is 0 Å². The van der Waals surface area contributed by atoms with Crippen LogP contribution in [0.1, 0.15) is 194 Å². The molecule has 15 nitrogen and oxygen atoms in total. The Labute approximate surface area is 432 Å². The zero-order chi connectivity index (χ0) is 52.4. The fourth-order valence-corrected chi connectivity index (χ4v) is 8.38. The van der Waals surface area contributed by atoms with Crippen molar-refractivity contribution in [1.82, 2.24) is 0 Å². The second-order valence-corrected chi connectivity index (χ2v) is 19.4. The van der Waals surface area contributed by atoms with Crippen LogP contribution in [0.25, 0.3) is 0 Å². The first-order valence-electron chi connectivity index (χ1n) is 27.9. The lowest BCUT2D eigenvalue weighted by Crippen LogP contribution is -2.61. The molecule has 0 aromatic carbocycles. The number of carbonyl (C=O) groups excluding carboxylic acids is 2. The fourth-order valence-electron chi connectivity index (χ4n) is 8.38. The van der Waals surface area contributed by atoms with Crippen LogP contribution in [0.15, 0.2) is 60.8 Å². The number of carbonyl (C=O) groups is 2. The van der Waals surface area contributed by atoms with Gasteiger partial charge < -0.3 is 64.2 Å². The van der Waals surface area contributed by atoms with Gasteiger partial charge in [0.25, 0.3) is 0 Å². The first-order chi connectivity index (χ1) is 35.0. The van der Waals surface area contributed by atoms with E-state index in [4.69, 9.17) is 28.4 Å². The quantitative estimate of drug-likeness (QED) is 0.0172. The van der Waals surface area contributed by atoms with Gasteiger partial charge >= 0.3 is 11.9 Å². The topological polar surface area (TPSA) is 231 Å². The van der Waals surface area contributed by atoms with E-state index in [0.29, 0.717) is 19.3 Å². The normalized spacial score (nSPS) is 25.5. The largest absolute Gasteiger partial charge is 0.462 e. The van der Waals surface area contributed by atoms with Crippen LogP contribution < -0.4 is 0 Å². The van der Waals surface area contributed by atoms with Gasteiger partial charge in [0.1, 0.15) is 55.4 Å². The van der Waals surface area contributed by atoms with Gasteiger partial charge in [-0.1, -0.05) is 164 Å². The second-order valence-electron chi connectivity index (χ2n) is 19.4. The van der Waals surface area contributed by atoms with Gasteiger partial charge in [-0.05, 0) is 77.0 Å². The van der Waals surface area contributed by atoms with Crippen LogP contribution in [0, 0.1) is 0 Å². The molecule has 0 radical (unpaired) electrons. The van der Waals surface area contributed by atoms with Crippen LogP contribution in [-0.2, 0) is 38.0 Å². The number of hydrogen-bond acceptors (Lipinski definition) is 15. The minimum Gasteiger partial charge on any atom is -0.462 e. The maximum absolute atomic E-state index is 13.0. The summed E-state index contributed by atoms with van der Waals surface area (Å²) in [4.78, 5) is 25.8. The van der Waals surface area contributed by atoms with Crippen LogP contribution in [0.3, 0.4) is 0 Å². The number of rotatable bonds is 43. The zero-order valence-corrected chi connectivity index (χ0v) is 44.1. The molecule has 2 aliphatic heterocycles. The van der Waals surface area contributed by atoms with Crippen molar-refractivity contribution < 1.29 is 73.8 Å². The minimum absolute atomic E-state index is 0.143. The molecule has 2 aliphatic rings. The molecule has 0 amide bonds. The Balaban J connectivity index is 1.80. The third-order valence-corrected chi connectivity index (χ3v) is 13.0. The summed E-state index contributed by atoms with van der Waals surface area (Å²) in [6.07, 6.45) is 33.9. The number of unbranched alkanes of at least 4 members (excludes halogenated alkanes) is 19. The Morgan fingerprint density at radius 2 is 0.847 bits per heavy atom. The highest BCUT2D eigenvalue weighted by Crippen LogP contribution is 2.26. The van der Waals surface area contributed by atoms with E-state index in [-0.39, 0.29) is 19.4 Å². The van der Waals surface area contributed by atoms with E-state index in [0.717, 1.165) is 57.8 Å². The highest BCUT2D eigenvalue weighted by atomic mass is 16.7. The summed E-state index contributed by atoms with van der Waals surface area (Å²) in [6.45, 7) is 2.51. The van der Waals surface area contributed by atoms with Crippen LogP contribution in [0.2, 0.25) is 0 Å². The zero-order valence-electron chi connectivity index (χ0n) is 44.1. The molecule has 2 saturated heterocycles. The summed E-state index contributed by atoms with van der Waals surface area (Å²) in [5.74, 6) is -0.991. The van der Waals surface area contributed by atoms with Crippen LogP contribution in [0.5, 0.6) is 0 Å². The van der Waals surface area contributed by atoms with Crippen molar-refractivity contribution in [3.8, 4) is 0 Å². The fraction of sp³-hybridized carbons (Fsp3) is 0.789. The molecule has 0 saturated carbocycles. The molecule has 0 aliphatic carbocycles. The average molecular weight is 1020 g/mol. The average Bonchev–Trinajstić information content (AvgIpc) is 3.37. The Bertz CT molecular complexity index is 1480. The van der Waals surface area contributed by atoms with Crippen molar-refractivity contribution in [3.05, 3.63) is 60.8 Å². The van der Waals surface area contributed by atoms with E-state index in [9.17, 15) is 45.3 Å². The smallest absolute Gasteiger partial charge is 0.306 e. The van der Waals surface area contributed by atoms with Gasteiger partial charge in [-0.3, -0.25) is 9.59 Å². The number of allylic oxidation sites excluding steroid dienone is 10. The molecule has 4 unspecified atom stereocenters. The second kappa shape index (κ2) is 43.4. The highest BCUT2D eigenvalue weighted by Gasteiger charge is 2.47.